The van der Waals surface area contributed by atoms with Gasteiger partial charge < -0.3 is 10.4 Å². The van der Waals surface area contributed by atoms with Gasteiger partial charge in [0, 0.05) is 6.04 Å². The van der Waals surface area contributed by atoms with Crippen LogP contribution in [0.15, 0.2) is 0 Å². The Morgan fingerprint density at radius 3 is 2.24 bits per heavy atom. The first-order valence-electron chi connectivity index (χ1n) is 8.25. The standard InChI is InChI=1S/C16H28N2O3/c1-16(15(20)21)8-10-18(11-9-16)12-14(19)17-13-6-4-2-3-5-7-13/h13H,2-12H2,1H3,(H,17,19)(H,20,21). The molecule has 2 aliphatic rings. The first-order chi connectivity index (χ1) is 9.99. The zero-order valence-corrected chi connectivity index (χ0v) is 13.1. The molecule has 1 aliphatic heterocycles. The maximum absolute atomic E-state index is 12.1. The van der Waals surface area contributed by atoms with Gasteiger partial charge >= 0.3 is 5.97 Å². The van der Waals surface area contributed by atoms with Crippen LogP contribution in [0.2, 0.25) is 0 Å². The number of piperidine rings is 1. The first kappa shape index (κ1) is 16.3. The van der Waals surface area contributed by atoms with Crippen molar-refractivity contribution >= 4 is 11.9 Å². The lowest BCUT2D eigenvalue weighted by Gasteiger charge is -2.36. The number of nitrogens with zero attached hydrogens (tertiary/aromatic N) is 1. The van der Waals surface area contributed by atoms with Gasteiger partial charge in [0.1, 0.15) is 0 Å². The van der Waals surface area contributed by atoms with E-state index in [-0.39, 0.29) is 5.91 Å². The lowest BCUT2D eigenvalue weighted by molar-refractivity contribution is -0.150. The van der Waals surface area contributed by atoms with Gasteiger partial charge in [0.05, 0.1) is 12.0 Å². The van der Waals surface area contributed by atoms with Gasteiger partial charge in [-0.25, -0.2) is 0 Å². The fraction of sp³-hybridized carbons (Fsp3) is 0.875. The Hall–Kier alpha value is -1.10. The summed E-state index contributed by atoms with van der Waals surface area (Å²) in [6.45, 7) is 3.60. The van der Waals surface area contributed by atoms with Crippen LogP contribution in [0, 0.1) is 5.41 Å². The Kier molecular flexibility index (Phi) is 5.62. The summed E-state index contributed by atoms with van der Waals surface area (Å²) in [5, 5.41) is 12.4. The van der Waals surface area contributed by atoms with Crippen molar-refractivity contribution in [3.63, 3.8) is 0 Å². The van der Waals surface area contributed by atoms with Crippen molar-refractivity contribution in [2.75, 3.05) is 19.6 Å². The van der Waals surface area contributed by atoms with E-state index in [0.29, 0.717) is 38.5 Å². The number of carboxylic acid groups (broad SMARTS) is 1. The van der Waals surface area contributed by atoms with Crippen LogP contribution in [0.25, 0.3) is 0 Å². The molecule has 1 aliphatic carbocycles. The van der Waals surface area contributed by atoms with E-state index in [1.165, 1.54) is 25.7 Å². The predicted molar refractivity (Wildman–Crippen MR) is 81.0 cm³/mol. The number of rotatable bonds is 4. The third kappa shape index (κ3) is 4.70. The number of amides is 1. The highest BCUT2D eigenvalue weighted by Crippen LogP contribution is 2.30. The van der Waals surface area contributed by atoms with Gasteiger partial charge in [0.15, 0.2) is 0 Å². The molecule has 0 radical (unpaired) electrons. The van der Waals surface area contributed by atoms with Crippen molar-refractivity contribution in [1.29, 1.82) is 0 Å². The molecule has 5 nitrogen and oxygen atoms in total. The molecular weight excluding hydrogens is 268 g/mol. The summed E-state index contributed by atoms with van der Waals surface area (Å²) in [6, 6.07) is 0.342. The Balaban J connectivity index is 1.72. The molecule has 2 N–H and O–H groups in total. The molecule has 1 saturated carbocycles. The van der Waals surface area contributed by atoms with E-state index in [4.69, 9.17) is 0 Å². The van der Waals surface area contributed by atoms with Crippen LogP contribution >= 0.6 is 0 Å². The average molecular weight is 296 g/mol. The highest BCUT2D eigenvalue weighted by atomic mass is 16.4. The van der Waals surface area contributed by atoms with Crippen LogP contribution in [-0.2, 0) is 9.59 Å². The van der Waals surface area contributed by atoms with E-state index in [0.717, 1.165) is 12.8 Å². The van der Waals surface area contributed by atoms with E-state index in [1.54, 1.807) is 6.92 Å². The van der Waals surface area contributed by atoms with E-state index in [1.807, 2.05) is 0 Å². The second kappa shape index (κ2) is 7.25. The molecule has 120 valence electrons. The molecule has 0 aromatic heterocycles. The molecule has 2 fully saturated rings. The Morgan fingerprint density at radius 1 is 1.14 bits per heavy atom. The summed E-state index contributed by atoms with van der Waals surface area (Å²) in [5.74, 6) is -0.620. The summed E-state index contributed by atoms with van der Waals surface area (Å²) >= 11 is 0. The summed E-state index contributed by atoms with van der Waals surface area (Å²) in [6.07, 6.45) is 8.44. The Bertz CT molecular complexity index is 368. The fourth-order valence-electron chi connectivity index (χ4n) is 3.32. The van der Waals surface area contributed by atoms with E-state index in [2.05, 4.69) is 10.2 Å². The molecule has 0 aromatic carbocycles. The number of carboxylic acids is 1. The number of hydrogen-bond donors (Lipinski definition) is 2. The topological polar surface area (TPSA) is 69.6 Å². The van der Waals surface area contributed by atoms with Crippen LogP contribution in [0.5, 0.6) is 0 Å². The average Bonchev–Trinajstić information content (AvgIpc) is 2.70. The molecule has 0 aromatic rings. The van der Waals surface area contributed by atoms with Crippen LogP contribution in [-0.4, -0.2) is 47.6 Å². The number of hydrogen-bond acceptors (Lipinski definition) is 3. The van der Waals surface area contributed by atoms with Gasteiger partial charge in [-0.2, -0.15) is 0 Å². The number of aliphatic carboxylic acids is 1. The molecule has 2 rings (SSSR count). The fourth-order valence-corrected chi connectivity index (χ4v) is 3.32. The second-order valence-electron chi connectivity index (χ2n) is 6.90. The smallest absolute Gasteiger partial charge is 0.309 e. The monoisotopic (exact) mass is 296 g/mol. The predicted octanol–water partition coefficient (Wildman–Crippen LogP) is 2.01. The third-order valence-electron chi connectivity index (χ3n) is 5.06. The second-order valence-corrected chi connectivity index (χ2v) is 6.90. The normalized spacial score (nSPS) is 24.2. The van der Waals surface area contributed by atoms with Crippen molar-refractivity contribution in [2.24, 2.45) is 5.41 Å². The van der Waals surface area contributed by atoms with Gasteiger partial charge in [-0.1, -0.05) is 25.7 Å². The molecule has 1 amide bonds. The van der Waals surface area contributed by atoms with Crippen molar-refractivity contribution < 1.29 is 14.7 Å². The van der Waals surface area contributed by atoms with Gasteiger partial charge in [-0.3, -0.25) is 14.5 Å². The molecule has 1 saturated heterocycles. The minimum atomic E-state index is -0.718. The van der Waals surface area contributed by atoms with E-state index < -0.39 is 11.4 Å². The minimum Gasteiger partial charge on any atom is -0.481 e. The van der Waals surface area contributed by atoms with Crippen molar-refractivity contribution in [1.82, 2.24) is 10.2 Å². The molecule has 5 heteroatoms. The number of carbonyl (C=O) groups is 2. The lowest BCUT2D eigenvalue weighted by Crippen LogP contribution is -2.47. The Labute approximate surface area is 127 Å². The highest BCUT2D eigenvalue weighted by molar-refractivity contribution is 5.78. The molecule has 1 heterocycles. The van der Waals surface area contributed by atoms with Gasteiger partial charge in [0.25, 0.3) is 0 Å². The summed E-state index contributed by atoms with van der Waals surface area (Å²) in [5.41, 5.74) is -0.617. The highest BCUT2D eigenvalue weighted by Gasteiger charge is 2.37. The van der Waals surface area contributed by atoms with Crippen molar-refractivity contribution in [3.8, 4) is 0 Å². The lowest BCUT2D eigenvalue weighted by atomic mass is 9.80. The van der Waals surface area contributed by atoms with Crippen LogP contribution in [0.3, 0.4) is 0 Å². The summed E-state index contributed by atoms with van der Waals surface area (Å²) in [7, 11) is 0. The van der Waals surface area contributed by atoms with Crippen molar-refractivity contribution in [3.05, 3.63) is 0 Å². The number of likely N-dealkylation sites (tertiary alicyclic amines) is 1. The number of nitrogens with one attached hydrogen (secondary N) is 1. The molecule has 0 unspecified atom stereocenters. The summed E-state index contributed by atoms with van der Waals surface area (Å²) < 4.78 is 0. The van der Waals surface area contributed by atoms with Crippen LogP contribution < -0.4 is 5.32 Å². The van der Waals surface area contributed by atoms with Gasteiger partial charge in [0.2, 0.25) is 5.91 Å². The molecule has 0 bridgehead atoms. The van der Waals surface area contributed by atoms with Crippen molar-refractivity contribution in [2.45, 2.75) is 64.3 Å². The van der Waals surface area contributed by atoms with Gasteiger partial charge in [-0.15, -0.1) is 0 Å². The zero-order valence-electron chi connectivity index (χ0n) is 13.1. The molecule has 0 spiro atoms. The Morgan fingerprint density at radius 2 is 1.71 bits per heavy atom. The van der Waals surface area contributed by atoms with Crippen LogP contribution in [0.4, 0.5) is 0 Å². The largest absolute Gasteiger partial charge is 0.481 e. The molecule has 0 atom stereocenters. The van der Waals surface area contributed by atoms with E-state index in [9.17, 15) is 14.7 Å². The van der Waals surface area contributed by atoms with Gasteiger partial charge in [-0.05, 0) is 45.7 Å². The quantitative estimate of drug-likeness (QED) is 0.779. The molecule has 21 heavy (non-hydrogen) atoms. The maximum Gasteiger partial charge on any atom is 0.309 e. The van der Waals surface area contributed by atoms with Crippen LogP contribution in [0.1, 0.15) is 58.3 Å². The first-order valence-corrected chi connectivity index (χ1v) is 8.25. The SMILES string of the molecule is CC1(C(=O)O)CCN(CC(=O)NC2CCCCCC2)CC1. The zero-order chi connectivity index (χ0) is 15.3. The molecular formula is C16H28N2O3. The number of carbonyl (C=O) groups excluding carboxylic acids is 1. The minimum absolute atomic E-state index is 0.0980. The van der Waals surface area contributed by atoms with E-state index >= 15 is 0 Å². The third-order valence-corrected chi connectivity index (χ3v) is 5.06. The maximum atomic E-state index is 12.1. The summed E-state index contributed by atoms with van der Waals surface area (Å²) in [4.78, 5) is 25.4.